The molecule has 1 aromatic heterocycles. The van der Waals surface area contributed by atoms with Crippen molar-refractivity contribution in [2.75, 3.05) is 43.4 Å². The summed E-state index contributed by atoms with van der Waals surface area (Å²) in [6, 6.07) is 16.4. The van der Waals surface area contributed by atoms with Crippen LogP contribution in [0.3, 0.4) is 0 Å². The summed E-state index contributed by atoms with van der Waals surface area (Å²) in [4.78, 5) is 22.0. The Morgan fingerprint density at radius 2 is 1.81 bits per heavy atom. The summed E-state index contributed by atoms with van der Waals surface area (Å²) in [6.07, 6.45) is 5.65. The van der Waals surface area contributed by atoms with Crippen LogP contribution in [-0.2, 0) is 11.2 Å². The predicted octanol–water partition coefficient (Wildman–Crippen LogP) is 4.90. The lowest BCUT2D eigenvalue weighted by Gasteiger charge is -2.33. The van der Waals surface area contributed by atoms with Gasteiger partial charge in [0.15, 0.2) is 0 Å². The van der Waals surface area contributed by atoms with Crippen molar-refractivity contribution in [3.05, 3.63) is 71.3 Å². The molecule has 2 heterocycles. The van der Waals surface area contributed by atoms with Crippen molar-refractivity contribution in [1.82, 2.24) is 9.88 Å². The van der Waals surface area contributed by atoms with E-state index in [1.54, 1.807) is 6.08 Å². The van der Waals surface area contributed by atoms with Crippen molar-refractivity contribution >= 4 is 34.4 Å². The van der Waals surface area contributed by atoms with Crippen molar-refractivity contribution in [1.29, 1.82) is 0 Å². The zero-order valence-corrected chi connectivity index (χ0v) is 19.3. The summed E-state index contributed by atoms with van der Waals surface area (Å²) in [6.45, 7) is 8.39. The third kappa shape index (κ3) is 5.35. The molecular weight excluding hydrogens is 396 g/mol. The summed E-state index contributed by atoms with van der Waals surface area (Å²) in [7, 11) is 2.16. The van der Waals surface area contributed by atoms with E-state index in [-0.39, 0.29) is 5.91 Å². The molecule has 1 aliphatic heterocycles. The molecule has 5 nitrogen and oxygen atoms in total. The van der Waals surface area contributed by atoms with Gasteiger partial charge in [0.25, 0.3) is 0 Å². The summed E-state index contributed by atoms with van der Waals surface area (Å²) >= 11 is 0. The third-order valence-electron chi connectivity index (χ3n) is 6.04. The van der Waals surface area contributed by atoms with E-state index >= 15 is 0 Å². The lowest BCUT2D eigenvalue weighted by Crippen LogP contribution is -2.44. The summed E-state index contributed by atoms with van der Waals surface area (Å²) in [5.74, 6) is 0.898. The van der Waals surface area contributed by atoms with E-state index in [1.807, 2.05) is 24.3 Å². The van der Waals surface area contributed by atoms with Gasteiger partial charge in [-0.05, 0) is 67.4 Å². The van der Waals surface area contributed by atoms with Gasteiger partial charge in [0, 0.05) is 43.3 Å². The first kappa shape index (κ1) is 22.0. The number of likely N-dealkylation sites (N-methyl/N-ethyl adjacent to an activating group) is 1. The van der Waals surface area contributed by atoms with Gasteiger partial charge in [-0.25, -0.2) is 4.98 Å². The van der Waals surface area contributed by atoms with Gasteiger partial charge in [0.05, 0.1) is 5.52 Å². The van der Waals surface area contributed by atoms with Gasteiger partial charge in [0.2, 0.25) is 5.91 Å². The average molecular weight is 429 g/mol. The molecule has 0 spiro atoms. The number of nitrogens with zero attached hydrogens (tertiary/aromatic N) is 3. The molecule has 32 heavy (non-hydrogen) atoms. The molecule has 1 fully saturated rings. The molecule has 1 saturated heterocycles. The number of carbonyl (C=O) groups is 1. The standard InChI is InChI=1S/C27H32N4O/c1-4-5-21-6-8-22(9-7-21)10-13-27(32)28-23-11-12-25-24(19-23)20(2)18-26(29-25)31-16-14-30(3)15-17-31/h6-13,18-19H,4-5,14-17H2,1-3H3,(H,28,32)/b13-10+. The van der Waals surface area contributed by atoms with Crippen molar-refractivity contribution in [3.8, 4) is 0 Å². The largest absolute Gasteiger partial charge is 0.354 e. The maximum absolute atomic E-state index is 12.4. The Labute approximate surface area is 190 Å². The lowest BCUT2D eigenvalue weighted by atomic mass is 10.1. The highest BCUT2D eigenvalue weighted by molar-refractivity contribution is 6.03. The molecule has 2 aromatic carbocycles. The fourth-order valence-corrected chi connectivity index (χ4v) is 4.09. The van der Waals surface area contributed by atoms with Crippen LogP contribution in [0.15, 0.2) is 54.6 Å². The zero-order valence-electron chi connectivity index (χ0n) is 19.3. The van der Waals surface area contributed by atoms with Crippen LogP contribution < -0.4 is 10.2 Å². The van der Waals surface area contributed by atoms with Crippen LogP contribution in [-0.4, -0.2) is 49.0 Å². The number of aryl methyl sites for hydroxylation is 2. The number of anilines is 2. The van der Waals surface area contributed by atoms with E-state index in [4.69, 9.17) is 4.98 Å². The number of amides is 1. The van der Waals surface area contributed by atoms with Gasteiger partial charge >= 0.3 is 0 Å². The Morgan fingerprint density at radius 1 is 1.06 bits per heavy atom. The van der Waals surface area contributed by atoms with E-state index in [0.717, 1.165) is 67.0 Å². The minimum absolute atomic E-state index is 0.137. The van der Waals surface area contributed by atoms with Crippen LogP contribution in [0, 0.1) is 6.92 Å². The van der Waals surface area contributed by atoms with Crippen LogP contribution in [0.5, 0.6) is 0 Å². The number of aromatic nitrogens is 1. The number of pyridine rings is 1. The molecular formula is C27H32N4O. The van der Waals surface area contributed by atoms with Crippen molar-refractivity contribution in [2.24, 2.45) is 0 Å². The predicted molar refractivity (Wildman–Crippen MR) is 134 cm³/mol. The van der Waals surface area contributed by atoms with Gasteiger partial charge < -0.3 is 15.1 Å². The number of benzene rings is 2. The maximum Gasteiger partial charge on any atom is 0.248 e. The van der Waals surface area contributed by atoms with Crippen molar-refractivity contribution in [2.45, 2.75) is 26.7 Å². The van der Waals surface area contributed by atoms with Crippen LogP contribution in [0.4, 0.5) is 11.5 Å². The first-order valence-corrected chi connectivity index (χ1v) is 11.4. The topological polar surface area (TPSA) is 48.5 Å². The van der Waals surface area contributed by atoms with Crippen molar-refractivity contribution in [3.63, 3.8) is 0 Å². The Kier molecular flexibility index (Phi) is 6.86. The Hall–Kier alpha value is -3.18. The second-order valence-corrected chi connectivity index (χ2v) is 8.63. The average Bonchev–Trinajstić information content (AvgIpc) is 2.79. The zero-order chi connectivity index (χ0) is 22.5. The number of hydrogen-bond donors (Lipinski definition) is 1. The highest BCUT2D eigenvalue weighted by Crippen LogP contribution is 2.26. The molecule has 1 aliphatic rings. The summed E-state index contributed by atoms with van der Waals surface area (Å²) in [5.41, 5.74) is 5.25. The van der Waals surface area contributed by atoms with Gasteiger partial charge in [-0.2, -0.15) is 0 Å². The van der Waals surface area contributed by atoms with E-state index in [0.29, 0.717) is 0 Å². The van der Waals surface area contributed by atoms with Crippen LogP contribution in [0.25, 0.3) is 17.0 Å². The molecule has 4 rings (SSSR count). The highest BCUT2D eigenvalue weighted by atomic mass is 16.1. The number of hydrogen-bond acceptors (Lipinski definition) is 4. The molecule has 0 saturated carbocycles. The van der Waals surface area contributed by atoms with E-state index in [9.17, 15) is 4.79 Å². The smallest absolute Gasteiger partial charge is 0.248 e. The normalized spacial score (nSPS) is 14.9. The molecule has 166 valence electrons. The molecule has 1 amide bonds. The van der Waals surface area contributed by atoms with Gasteiger partial charge in [-0.3, -0.25) is 4.79 Å². The van der Waals surface area contributed by atoms with Gasteiger partial charge in [-0.15, -0.1) is 0 Å². The third-order valence-corrected chi connectivity index (χ3v) is 6.04. The van der Waals surface area contributed by atoms with E-state index in [1.165, 1.54) is 11.1 Å². The number of carbonyl (C=O) groups excluding carboxylic acids is 1. The molecule has 1 N–H and O–H groups in total. The second-order valence-electron chi connectivity index (χ2n) is 8.63. The first-order valence-electron chi connectivity index (χ1n) is 11.4. The molecule has 3 aromatic rings. The molecule has 5 heteroatoms. The molecule has 0 bridgehead atoms. The summed E-state index contributed by atoms with van der Waals surface area (Å²) in [5, 5.41) is 4.04. The van der Waals surface area contributed by atoms with Crippen LogP contribution >= 0.6 is 0 Å². The number of rotatable bonds is 6. The second kappa shape index (κ2) is 9.96. The Morgan fingerprint density at radius 3 is 2.53 bits per heavy atom. The van der Waals surface area contributed by atoms with E-state index < -0.39 is 0 Å². The van der Waals surface area contributed by atoms with Crippen LogP contribution in [0.2, 0.25) is 0 Å². The Bertz CT molecular complexity index is 1110. The van der Waals surface area contributed by atoms with Crippen LogP contribution in [0.1, 0.15) is 30.0 Å². The molecule has 0 aliphatic carbocycles. The summed E-state index contributed by atoms with van der Waals surface area (Å²) < 4.78 is 0. The molecule has 0 radical (unpaired) electrons. The van der Waals surface area contributed by atoms with Gasteiger partial charge in [-0.1, -0.05) is 37.6 Å². The number of fused-ring (bicyclic) bond motifs is 1. The van der Waals surface area contributed by atoms with Crippen molar-refractivity contribution < 1.29 is 4.79 Å². The number of piperazine rings is 1. The fraction of sp³-hybridized carbons (Fsp3) is 0.333. The van der Waals surface area contributed by atoms with Gasteiger partial charge in [0.1, 0.15) is 5.82 Å². The highest BCUT2D eigenvalue weighted by Gasteiger charge is 2.16. The minimum atomic E-state index is -0.137. The SMILES string of the molecule is CCCc1ccc(/C=C/C(=O)Nc2ccc3nc(N4CCN(C)CC4)cc(C)c3c2)cc1. The Balaban J connectivity index is 1.44. The minimum Gasteiger partial charge on any atom is -0.354 e. The molecule has 0 atom stereocenters. The first-order chi connectivity index (χ1) is 15.5. The molecule has 0 unspecified atom stereocenters. The van der Waals surface area contributed by atoms with E-state index in [2.05, 4.69) is 66.3 Å². The quantitative estimate of drug-likeness (QED) is 0.568. The fourth-order valence-electron chi connectivity index (χ4n) is 4.09. The monoisotopic (exact) mass is 428 g/mol. The number of nitrogens with one attached hydrogen (secondary N) is 1. The lowest BCUT2D eigenvalue weighted by molar-refractivity contribution is -0.111. The maximum atomic E-state index is 12.4.